The molecule has 1 aliphatic heterocycles. The Bertz CT molecular complexity index is 1010. The van der Waals surface area contributed by atoms with Gasteiger partial charge in [0.05, 0.1) is 5.56 Å². The van der Waals surface area contributed by atoms with E-state index < -0.39 is 0 Å². The first kappa shape index (κ1) is 30.6. The van der Waals surface area contributed by atoms with Crippen LogP contribution >= 0.6 is 0 Å². The van der Waals surface area contributed by atoms with Crippen molar-refractivity contribution in [2.75, 3.05) is 26.2 Å². The first-order chi connectivity index (χ1) is 18.6. The normalized spacial score (nSPS) is 15.0. The molecule has 38 heavy (non-hydrogen) atoms. The molecule has 0 radical (unpaired) electrons. The predicted molar refractivity (Wildman–Crippen MR) is 158 cm³/mol. The highest BCUT2D eigenvalue weighted by molar-refractivity contribution is 5.97. The maximum atomic E-state index is 12.6. The lowest BCUT2D eigenvalue weighted by molar-refractivity contribution is -0.132. The Labute approximate surface area is 229 Å². The minimum Gasteiger partial charge on any atom is -0.507 e. The van der Waals surface area contributed by atoms with Gasteiger partial charge >= 0.3 is 0 Å². The highest BCUT2D eigenvalue weighted by Gasteiger charge is 2.25. The number of piperazine rings is 1. The topological polar surface area (TPSA) is 60.9 Å². The summed E-state index contributed by atoms with van der Waals surface area (Å²) in [5.41, 5.74) is 0.310. The van der Waals surface area contributed by atoms with Gasteiger partial charge in [-0.25, -0.2) is 0 Å². The average molecular weight is 517 g/mol. The van der Waals surface area contributed by atoms with Crippen LogP contribution in [0, 0.1) is 0 Å². The lowest BCUT2D eigenvalue weighted by atomic mass is 10.1. The SMILES string of the molecule is CC/C=C\C/C=C\C/C=C\C/C=C\C/C=C\C/C=C\CCC(=O)N1CCN(C(=O)c2ccccc2O)CC1. The summed E-state index contributed by atoms with van der Waals surface area (Å²) < 4.78 is 0. The third-order valence-electron chi connectivity index (χ3n) is 6.18. The Kier molecular flexibility index (Phi) is 15.7. The number of benzene rings is 1. The maximum absolute atomic E-state index is 12.6. The van der Waals surface area contributed by atoms with E-state index in [-0.39, 0.29) is 17.6 Å². The van der Waals surface area contributed by atoms with E-state index in [0.29, 0.717) is 38.2 Å². The van der Waals surface area contributed by atoms with Crippen molar-refractivity contribution in [3.05, 3.63) is 103 Å². The first-order valence-electron chi connectivity index (χ1n) is 13.9. The number of allylic oxidation sites excluding steroid dienone is 12. The highest BCUT2D eigenvalue weighted by atomic mass is 16.3. The van der Waals surface area contributed by atoms with E-state index in [9.17, 15) is 14.7 Å². The minimum atomic E-state index is -0.187. The van der Waals surface area contributed by atoms with Crippen molar-refractivity contribution in [2.45, 2.75) is 58.3 Å². The molecule has 1 N–H and O–H groups in total. The molecule has 0 saturated carbocycles. The van der Waals surface area contributed by atoms with Crippen molar-refractivity contribution < 1.29 is 14.7 Å². The van der Waals surface area contributed by atoms with Crippen molar-refractivity contribution in [1.82, 2.24) is 9.80 Å². The molecule has 204 valence electrons. The number of phenolic OH excluding ortho intramolecular Hbond substituents is 1. The van der Waals surface area contributed by atoms with Gasteiger partial charge in [0.2, 0.25) is 5.91 Å². The fraction of sp³-hybridized carbons (Fsp3) is 0.394. The van der Waals surface area contributed by atoms with Gasteiger partial charge in [0, 0.05) is 32.6 Å². The summed E-state index contributed by atoms with van der Waals surface area (Å²) in [5.74, 6) is -0.0697. The second-order valence-electron chi connectivity index (χ2n) is 9.14. The van der Waals surface area contributed by atoms with Crippen LogP contribution in [0.3, 0.4) is 0 Å². The van der Waals surface area contributed by atoms with Gasteiger partial charge in [-0.1, -0.05) is 92.0 Å². The predicted octanol–water partition coefficient (Wildman–Crippen LogP) is 7.15. The molecule has 1 aromatic rings. The number of hydrogen-bond acceptors (Lipinski definition) is 3. The van der Waals surface area contributed by atoms with Crippen LogP contribution < -0.4 is 0 Å². The molecule has 0 spiro atoms. The van der Waals surface area contributed by atoms with Gasteiger partial charge in [0.15, 0.2) is 0 Å². The van der Waals surface area contributed by atoms with Gasteiger partial charge in [0.1, 0.15) is 5.75 Å². The van der Waals surface area contributed by atoms with Crippen LogP contribution in [0.25, 0.3) is 0 Å². The molecule has 1 aliphatic rings. The molecule has 0 atom stereocenters. The number of rotatable bonds is 15. The second kappa shape index (κ2) is 19.5. The van der Waals surface area contributed by atoms with E-state index in [1.807, 2.05) is 4.90 Å². The molecule has 0 aromatic heterocycles. The zero-order chi connectivity index (χ0) is 27.3. The summed E-state index contributed by atoms with van der Waals surface area (Å²) in [6.45, 7) is 4.18. The molecule has 0 unspecified atom stereocenters. The van der Waals surface area contributed by atoms with E-state index >= 15 is 0 Å². The Balaban J connectivity index is 1.50. The summed E-state index contributed by atoms with van der Waals surface area (Å²) in [6, 6.07) is 6.58. The number of para-hydroxylation sites is 1. The summed E-state index contributed by atoms with van der Waals surface area (Å²) >= 11 is 0. The third kappa shape index (κ3) is 12.6. The number of carbonyl (C=O) groups excluding carboxylic acids is 2. The number of aromatic hydroxyl groups is 1. The molecule has 2 rings (SSSR count). The number of nitrogens with zero attached hydrogens (tertiary/aromatic N) is 2. The molecule has 1 aromatic carbocycles. The maximum Gasteiger partial charge on any atom is 0.257 e. The molecule has 1 saturated heterocycles. The fourth-order valence-corrected chi connectivity index (χ4v) is 3.99. The average Bonchev–Trinajstić information content (AvgIpc) is 2.94. The molecule has 5 heteroatoms. The molecule has 5 nitrogen and oxygen atoms in total. The number of hydrogen-bond donors (Lipinski definition) is 1. The molecule has 1 heterocycles. The molecule has 0 aliphatic carbocycles. The van der Waals surface area contributed by atoms with Crippen molar-refractivity contribution in [2.24, 2.45) is 0 Å². The quantitative estimate of drug-likeness (QED) is 0.252. The Morgan fingerprint density at radius 2 is 1.13 bits per heavy atom. The molecule has 2 amide bonds. The number of carbonyl (C=O) groups is 2. The lowest BCUT2D eigenvalue weighted by Gasteiger charge is -2.35. The zero-order valence-electron chi connectivity index (χ0n) is 22.9. The van der Waals surface area contributed by atoms with Gasteiger partial charge in [0.25, 0.3) is 5.91 Å². The largest absolute Gasteiger partial charge is 0.507 e. The monoisotopic (exact) mass is 516 g/mol. The van der Waals surface area contributed by atoms with Crippen molar-refractivity contribution >= 4 is 11.8 Å². The molecular formula is C33H44N2O3. The van der Waals surface area contributed by atoms with E-state index in [4.69, 9.17) is 0 Å². The second-order valence-corrected chi connectivity index (χ2v) is 9.14. The van der Waals surface area contributed by atoms with Crippen LogP contribution in [-0.4, -0.2) is 52.9 Å². The summed E-state index contributed by atoms with van der Waals surface area (Å²) in [5, 5.41) is 9.91. The van der Waals surface area contributed by atoms with Crippen molar-refractivity contribution in [3.8, 4) is 5.75 Å². The van der Waals surface area contributed by atoms with Crippen LogP contribution in [-0.2, 0) is 4.79 Å². The van der Waals surface area contributed by atoms with Gasteiger partial charge in [-0.05, 0) is 57.1 Å². The fourth-order valence-electron chi connectivity index (χ4n) is 3.99. The van der Waals surface area contributed by atoms with Crippen LogP contribution in [0.2, 0.25) is 0 Å². The van der Waals surface area contributed by atoms with Gasteiger partial charge in [-0.3, -0.25) is 9.59 Å². The lowest BCUT2D eigenvalue weighted by Crippen LogP contribution is -2.50. The third-order valence-corrected chi connectivity index (χ3v) is 6.18. The standard InChI is InChI=1S/C33H44N2O3/c1-2-3-4-5-6-7-8-9-10-11-12-13-14-15-16-17-18-19-20-25-32(37)34-26-28-35(29-27-34)33(38)30-23-21-22-24-31(30)36/h3-4,6-7,9-10,12-13,15-16,18-19,21-24,36H,2,5,8,11,14,17,20,25-29H2,1H3/b4-3-,7-6-,10-9-,13-12-,16-15-,19-18-. The Hall–Kier alpha value is -3.60. The van der Waals surface area contributed by atoms with Gasteiger partial charge in [-0.2, -0.15) is 0 Å². The summed E-state index contributed by atoms with van der Waals surface area (Å²) in [6.07, 6.45) is 33.1. The number of amides is 2. The molecule has 0 bridgehead atoms. The van der Waals surface area contributed by atoms with E-state index in [0.717, 1.165) is 44.9 Å². The molecule has 1 fully saturated rings. The van der Waals surface area contributed by atoms with Crippen molar-refractivity contribution in [3.63, 3.8) is 0 Å². The van der Waals surface area contributed by atoms with Gasteiger partial charge in [-0.15, -0.1) is 0 Å². The minimum absolute atomic E-state index is 0.00706. The van der Waals surface area contributed by atoms with E-state index in [1.54, 1.807) is 23.1 Å². The summed E-state index contributed by atoms with van der Waals surface area (Å²) in [4.78, 5) is 28.6. The van der Waals surface area contributed by atoms with E-state index in [2.05, 4.69) is 79.8 Å². The summed E-state index contributed by atoms with van der Waals surface area (Å²) in [7, 11) is 0. The zero-order valence-corrected chi connectivity index (χ0v) is 22.9. The Morgan fingerprint density at radius 1 is 0.684 bits per heavy atom. The van der Waals surface area contributed by atoms with Crippen LogP contribution in [0.1, 0.15) is 68.6 Å². The van der Waals surface area contributed by atoms with Crippen LogP contribution in [0.5, 0.6) is 5.75 Å². The smallest absolute Gasteiger partial charge is 0.257 e. The van der Waals surface area contributed by atoms with E-state index in [1.165, 1.54) is 6.07 Å². The van der Waals surface area contributed by atoms with Crippen LogP contribution in [0.4, 0.5) is 0 Å². The molecular weight excluding hydrogens is 472 g/mol. The van der Waals surface area contributed by atoms with Crippen LogP contribution in [0.15, 0.2) is 97.2 Å². The van der Waals surface area contributed by atoms with Crippen molar-refractivity contribution in [1.29, 1.82) is 0 Å². The Morgan fingerprint density at radius 3 is 1.63 bits per heavy atom. The highest BCUT2D eigenvalue weighted by Crippen LogP contribution is 2.19. The first-order valence-corrected chi connectivity index (χ1v) is 13.9. The van der Waals surface area contributed by atoms with Gasteiger partial charge < -0.3 is 14.9 Å². The number of phenols is 1.